The van der Waals surface area contributed by atoms with Crippen molar-refractivity contribution in [3.63, 3.8) is 0 Å². The van der Waals surface area contributed by atoms with Crippen molar-refractivity contribution < 1.29 is 0 Å². The van der Waals surface area contributed by atoms with Gasteiger partial charge >= 0.3 is 0 Å². The van der Waals surface area contributed by atoms with E-state index in [0.29, 0.717) is 4.87 Å². The summed E-state index contributed by atoms with van der Waals surface area (Å²) in [7, 11) is 0. The standard InChI is InChI=1S/C16H24N2S/c1-2-15-12-19-16(17-15)9-6-10-18(13-16)11-14-7-4-3-5-8-14/h3-5,7-8,15,17H,2,6,9-13H2,1H3. The Hall–Kier alpha value is -0.510. The first-order valence-corrected chi connectivity index (χ1v) is 8.46. The van der Waals surface area contributed by atoms with Gasteiger partial charge in [0, 0.05) is 24.9 Å². The molecule has 1 aromatic carbocycles. The minimum atomic E-state index is 0.341. The highest BCUT2D eigenvalue weighted by Crippen LogP contribution is 2.38. The Morgan fingerprint density at radius 1 is 1.37 bits per heavy atom. The van der Waals surface area contributed by atoms with Crippen LogP contribution in [-0.4, -0.2) is 34.7 Å². The second-order valence-corrected chi connectivity index (χ2v) is 7.26. The third kappa shape index (κ3) is 3.15. The number of thioether (sulfide) groups is 1. The highest BCUT2D eigenvalue weighted by atomic mass is 32.2. The monoisotopic (exact) mass is 276 g/mol. The molecule has 0 bridgehead atoms. The molecule has 2 nitrogen and oxygen atoms in total. The summed E-state index contributed by atoms with van der Waals surface area (Å²) in [4.78, 5) is 2.96. The van der Waals surface area contributed by atoms with E-state index in [9.17, 15) is 0 Å². The fourth-order valence-electron chi connectivity index (χ4n) is 3.26. The molecule has 0 amide bonds. The summed E-state index contributed by atoms with van der Waals surface area (Å²) in [6.07, 6.45) is 3.91. The molecule has 1 N–H and O–H groups in total. The van der Waals surface area contributed by atoms with E-state index in [4.69, 9.17) is 0 Å². The second-order valence-electron chi connectivity index (χ2n) is 5.85. The molecule has 2 unspecified atom stereocenters. The molecule has 2 aliphatic rings. The predicted molar refractivity (Wildman–Crippen MR) is 83.4 cm³/mol. The van der Waals surface area contributed by atoms with Crippen molar-refractivity contribution in [3.05, 3.63) is 35.9 Å². The molecule has 0 saturated carbocycles. The largest absolute Gasteiger partial charge is 0.298 e. The van der Waals surface area contributed by atoms with Crippen molar-refractivity contribution >= 4 is 11.8 Å². The van der Waals surface area contributed by atoms with E-state index in [1.165, 1.54) is 43.7 Å². The molecule has 1 aromatic rings. The van der Waals surface area contributed by atoms with E-state index in [0.717, 1.165) is 12.6 Å². The SMILES string of the molecule is CCC1CSC2(CCCN(Cc3ccccc3)C2)N1. The van der Waals surface area contributed by atoms with Gasteiger partial charge in [-0.2, -0.15) is 0 Å². The number of benzene rings is 1. The van der Waals surface area contributed by atoms with E-state index in [-0.39, 0.29) is 0 Å². The van der Waals surface area contributed by atoms with Gasteiger partial charge in [-0.25, -0.2) is 0 Å². The van der Waals surface area contributed by atoms with Gasteiger partial charge in [0.15, 0.2) is 0 Å². The highest BCUT2D eigenvalue weighted by molar-refractivity contribution is 8.00. The molecule has 2 fully saturated rings. The Labute approximate surface area is 121 Å². The van der Waals surface area contributed by atoms with E-state index >= 15 is 0 Å². The van der Waals surface area contributed by atoms with Gasteiger partial charge in [-0.05, 0) is 31.4 Å². The zero-order valence-corrected chi connectivity index (χ0v) is 12.6. The Balaban J connectivity index is 1.62. The summed E-state index contributed by atoms with van der Waals surface area (Å²) in [6, 6.07) is 11.6. The molecule has 2 saturated heterocycles. The van der Waals surface area contributed by atoms with Crippen LogP contribution in [0, 0.1) is 0 Å². The van der Waals surface area contributed by atoms with E-state index in [2.05, 4.69) is 59.2 Å². The average molecular weight is 276 g/mol. The van der Waals surface area contributed by atoms with Crippen molar-refractivity contribution in [1.29, 1.82) is 0 Å². The summed E-state index contributed by atoms with van der Waals surface area (Å²) >= 11 is 2.16. The highest BCUT2D eigenvalue weighted by Gasteiger charge is 2.41. The zero-order chi connectivity index (χ0) is 13.1. The number of nitrogens with one attached hydrogen (secondary N) is 1. The third-order valence-corrected chi connectivity index (χ3v) is 5.88. The molecule has 19 heavy (non-hydrogen) atoms. The number of likely N-dealkylation sites (tertiary alicyclic amines) is 1. The van der Waals surface area contributed by atoms with Crippen LogP contribution < -0.4 is 5.32 Å². The zero-order valence-electron chi connectivity index (χ0n) is 11.8. The van der Waals surface area contributed by atoms with E-state index in [1.54, 1.807) is 0 Å². The average Bonchev–Trinajstić information content (AvgIpc) is 2.83. The lowest BCUT2D eigenvalue weighted by molar-refractivity contribution is 0.166. The Bertz CT molecular complexity index is 408. The van der Waals surface area contributed by atoms with Crippen LogP contribution in [0.3, 0.4) is 0 Å². The smallest absolute Gasteiger partial charge is 0.0777 e. The van der Waals surface area contributed by atoms with Crippen LogP contribution in [0.4, 0.5) is 0 Å². The van der Waals surface area contributed by atoms with Crippen LogP contribution in [-0.2, 0) is 6.54 Å². The lowest BCUT2D eigenvalue weighted by Gasteiger charge is -2.40. The number of rotatable bonds is 3. The van der Waals surface area contributed by atoms with Gasteiger partial charge in [-0.3, -0.25) is 10.2 Å². The maximum Gasteiger partial charge on any atom is 0.0777 e. The molecule has 1 spiro atoms. The van der Waals surface area contributed by atoms with Gasteiger partial charge in [0.2, 0.25) is 0 Å². The van der Waals surface area contributed by atoms with E-state index < -0.39 is 0 Å². The Kier molecular flexibility index (Phi) is 4.15. The summed E-state index contributed by atoms with van der Waals surface area (Å²) in [5.41, 5.74) is 1.44. The van der Waals surface area contributed by atoms with Gasteiger partial charge in [0.25, 0.3) is 0 Å². The molecule has 0 aliphatic carbocycles. The molecule has 3 heteroatoms. The normalized spacial score (nSPS) is 31.9. The van der Waals surface area contributed by atoms with Crippen LogP contribution in [0.5, 0.6) is 0 Å². The Morgan fingerprint density at radius 2 is 2.21 bits per heavy atom. The van der Waals surface area contributed by atoms with Gasteiger partial charge in [0.1, 0.15) is 0 Å². The van der Waals surface area contributed by atoms with Gasteiger partial charge in [0.05, 0.1) is 4.87 Å². The Morgan fingerprint density at radius 3 is 2.95 bits per heavy atom. The van der Waals surface area contributed by atoms with Gasteiger partial charge in [-0.15, -0.1) is 11.8 Å². The topological polar surface area (TPSA) is 15.3 Å². The lowest BCUT2D eigenvalue weighted by Crippen LogP contribution is -2.53. The quantitative estimate of drug-likeness (QED) is 0.913. The molecule has 2 heterocycles. The molecule has 0 radical (unpaired) electrons. The fraction of sp³-hybridized carbons (Fsp3) is 0.625. The lowest BCUT2D eigenvalue weighted by atomic mass is 10.0. The van der Waals surface area contributed by atoms with Gasteiger partial charge < -0.3 is 0 Å². The van der Waals surface area contributed by atoms with Gasteiger partial charge in [-0.1, -0.05) is 37.3 Å². The molecular weight excluding hydrogens is 252 g/mol. The van der Waals surface area contributed by atoms with Crippen molar-refractivity contribution in [2.24, 2.45) is 0 Å². The van der Waals surface area contributed by atoms with Crippen LogP contribution in [0.25, 0.3) is 0 Å². The number of hydrogen-bond donors (Lipinski definition) is 1. The first kappa shape index (κ1) is 13.5. The van der Waals surface area contributed by atoms with Crippen molar-refractivity contribution in [2.75, 3.05) is 18.8 Å². The van der Waals surface area contributed by atoms with Crippen LogP contribution in [0.2, 0.25) is 0 Å². The molecule has 2 aliphatic heterocycles. The maximum absolute atomic E-state index is 3.89. The number of hydrogen-bond acceptors (Lipinski definition) is 3. The summed E-state index contributed by atoms with van der Waals surface area (Å²) in [6.45, 7) is 5.84. The van der Waals surface area contributed by atoms with Crippen molar-refractivity contribution in [3.8, 4) is 0 Å². The van der Waals surface area contributed by atoms with E-state index in [1.807, 2.05) is 0 Å². The third-order valence-electron chi connectivity index (χ3n) is 4.30. The molecule has 2 atom stereocenters. The minimum absolute atomic E-state index is 0.341. The van der Waals surface area contributed by atoms with Crippen molar-refractivity contribution in [2.45, 2.75) is 43.6 Å². The summed E-state index contributed by atoms with van der Waals surface area (Å²) < 4.78 is 0. The minimum Gasteiger partial charge on any atom is -0.298 e. The maximum atomic E-state index is 3.89. The fourth-order valence-corrected chi connectivity index (χ4v) is 4.91. The molecule has 0 aromatic heterocycles. The molecule has 104 valence electrons. The van der Waals surface area contributed by atoms with Crippen molar-refractivity contribution in [1.82, 2.24) is 10.2 Å². The molecule has 3 rings (SSSR count). The van der Waals surface area contributed by atoms with Crippen LogP contribution >= 0.6 is 11.8 Å². The number of piperidine rings is 1. The summed E-state index contributed by atoms with van der Waals surface area (Å²) in [5, 5.41) is 3.89. The van der Waals surface area contributed by atoms with Crippen LogP contribution in [0.1, 0.15) is 31.7 Å². The first-order chi connectivity index (χ1) is 9.30. The summed E-state index contributed by atoms with van der Waals surface area (Å²) in [5.74, 6) is 1.29. The molecular formula is C16H24N2S. The number of nitrogens with zero attached hydrogens (tertiary/aromatic N) is 1. The second kappa shape index (κ2) is 5.86. The predicted octanol–water partition coefficient (Wildman–Crippen LogP) is 3.09. The first-order valence-electron chi connectivity index (χ1n) is 7.48. The van der Waals surface area contributed by atoms with Crippen LogP contribution in [0.15, 0.2) is 30.3 Å².